The number of carbonyl (C=O) groups excluding carboxylic acids is 1. The fourth-order valence-electron chi connectivity index (χ4n) is 7.97. The molecule has 13 heteroatoms. The molecule has 3 heterocycles. The minimum Gasteiger partial charge on any atom is -0.493 e. The first-order valence-electron chi connectivity index (χ1n) is 20.9. The second-order valence-electron chi connectivity index (χ2n) is 16.0. The molecule has 1 atom stereocenters. The van der Waals surface area contributed by atoms with Gasteiger partial charge in [-0.05, 0) is 99.5 Å². The number of hydrogen-bond acceptors (Lipinski definition) is 10. The molecule has 0 bridgehead atoms. The monoisotopic (exact) mass is 836 g/mol. The number of piperidine rings is 1. The first kappa shape index (κ1) is 44.4. The molecule has 2 N–H and O–H groups in total. The zero-order valence-electron chi connectivity index (χ0n) is 35.2. The van der Waals surface area contributed by atoms with Gasteiger partial charge in [-0.2, -0.15) is 5.26 Å². The Morgan fingerprint density at radius 1 is 0.883 bits per heavy atom. The average Bonchev–Trinajstić information content (AvgIpc) is 3.23. The van der Waals surface area contributed by atoms with Crippen molar-refractivity contribution in [1.29, 1.82) is 5.26 Å². The van der Waals surface area contributed by atoms with E-state index in [0.717, 1.165) is 96.7 Å². The quantitative estimate of drug-likeness (QED) is 0.0970. The number of halogens is 1. The summed E-state index contributed by atoms with van der Waals surface area (Å²) < 4.78 is 19.1. The Balaban J connectivity index is 1.10. The number of rotatable bonds is 18. The molecule has 1 aromatic heterocycles. The van der Waals surface area contributed by atoms with E-state index in [9.17, 15) is 20.0 Å². The van der Waals surface area contributed by atoms with Gasteiger partial charge in [0, 0.05) is 74.9 Å². The maximum atomic E-state index is 12.2. The minimum absolute atomic E-state index is 0.0886. The van der Waals surface area contributed by atoms with E-state index in [2.05, 4.69) is 52.2 Å². The number of piperazine rings is 1. The topological polar surface area (TPSA) is 140 Å². The molecule has 0 aliphatic carbocycles. The molecule has 6 rings (SSSR count). The first-order chi connectivity index (χ1) is 29.0. The van der Waals surface area contributed by atoms with Gasteiger partial charge in [-0.3, -0.25) is 24.4 Å². The van der Waals surface area contributed by atoms with Crippen LogP contribution >= 0.6 is 11.6 Å². The van der Waals surface area contributed by atoms with E-state index in [0.29, 0.717) is 54.7 Å². The van der Waals surface area contributed by atoms with Crippen molar-refractivity contribution >= 4 is 23.5 Å². The van der Waals surface area contributed by atoms with E-state index in [1.54, 1.807) is 24.4 Å². The lowest BCUT2D eigenvalue weighted by Crippen LogP contribution is -2.50. The summed E-state index contributed by atoms with van der Waals surface area (Å²) >= 11 is 6.88. The molecule has 12 nitrogen and oxygen atoms in total. The molecule has 0 saturated carbocycles. The molecule has 60 heavy (non-hydrogen) atoms. The lowest BCUT2D eigenvalue weighted by Gasteiger charge is -2.34. The van der Waals surface area contributed by atoms with Crippen LogP contribution in [-0.4, -0.2) is 101 Å². The second-order valence-corrected chi connectivity index (χ2v) is 16.4. The minimum atomic E-state index is -0.835. The van der Waals surface area contributed by atoms with Crippen LogP contribution in [-0.2, 0) is 29.3 Å². The molecule has 3 aromatic carbocycles. The van der Waals surface area contributed by atoms with Gasteiger partial charge in [-0.15, -0.1) is 0 Å². The van der Waals surface area contributed by atoms with Crippen LogP contribution in [0, 0.1) is 25.2 Å². The number of nitrogens with one attached hydrogen (secondary N) is 1. The Kier molecular flexibility index (Phi) is 15.8. The SMILES string of the molecule is Cc1c(COc2cc(OCc3cncc(C#N)c3)c(CN3CCCC[C@H]3C(=O)O)cc2Cl)cccc1-c1cccc(OCCCN2CCN(CC(=O)NC(C)C)CC2)c1C. The molecule has 0 spiro atoms. The highest BCUT2D eigenvalue weighted by Gasteiger charge is 2.29. The predicted octanol–water partition coefficient (Wildman–Crippen LogP) is 7.40. The van der Waals surface area contributed by atoms with Gasteiger partial charge in [0.2, 0.25) is 5.91 Å². The molecule has 4 aromatic rings. The normalized spacial score (nSPS) is 16.3. The van der Waals surface area contributed by atoms with Crippen LogP contribution in [0.4, 0.5) is 0 Å². The molecule has 2 aliphatic heterocycles. The van der Waals surface area contributed by atoms with Gasteiger partial charge >= 0.3 is 5.97 Å². The number of aliphatic carboxylic acids is 1. The highest BCUT2D eigenvalue weighted by molar-refractivity contribution is 6.32. The van der Waals surface area contributed by atoms with E-state index in [-0.39, 0.29) is 25.2 Å². The van der Waals surface area contributed by atoms with Crippen molar-refractivity contribution in [1.82, 2.24) is 25.0 Å². The molecular formula is C47H57ClN6O6. The Morgan fingerprint density at radius 2 is 1.62 bits per heavy atom. The molecule has 1 amide bonds. The summed E-state index contributed by atoms with van der Waals surface area (Å²) in [5.41, 5.74) is 7.25. The highest BCUT2D eigenvalue weighted by Crippen LogP contribution is 2.37. The summed E-state index contributed by atoms with van der Waals surface area (Å²) in [5, 5.41) is 22.7. The Bertz CT molecular complexity index is 2150. The summed E-state index contributed by atoms with van der Waals surface area (Å²) in [4.78, 5) is 35.1. The number of carboxylic acids is 1. The van der Waals surface area contributed by atoms with Crippen LogP contribution in [0.3, 0.4) is 0 Å². The number of amides is 1. The number of nitriles is 1. The maximum Gasteiger partial charge on any atom is 0.320 e. The third kappa shape index (κ3) is 12.0. The van der Waals surface area contributed by atoms with Crippen LogP contribution in [0.5, 0.6) is 17.2 Å². The number of aromatic nitrogens is 1. The number of likely N-dealkylation sites (tertiary alicyclic amines) is 1. The maximum absolute atomic E-state index is 12.2. The van der Waals surface area contributed by atoms with Gasteiger partial charge in [-0.1, -0.05) is 48.4 Å². The molecule has 0 radical (unpaired) electrons. The van der Waals surface area contributed by atoms with E-state index in [4.69, 9.17) is 25.8 Å². The molecule has 0 unspecified atom stereocenters. The number of carbonyl (C=O) groups is 2. The summed E-state index contributed by atoms with van der Waals surface area (Å²) in [6, 6.07) is 19.4. The summed E-state index contributed by atoms with van der Waals surface area (Å²) in [6.45, 7) is 15.3. The lowest BCUT2D eigenvalue weighted by atomic mass is 9.93. The predicted molar refractivity (Wildman–Crippen MR) is 232 cm³/mol. The van der Waals surface area contributed by atoms with E-state index in [1.807, 2.05) is 43.0 Å². The zero-order chi connectivity index (χ0) is 42.6. The van der Waals surface area contributed by atoms with Crippen molar-refractivity contribution in [3.63, 3.8) is 0 Å². The van der Waals surface area contributed by atoms with Gasteiger partial charge in [-0.25, -0.2) is 0 Å². The van der Waals surface area contributed by atoms with Crippen molar-refractivity contribution in [3.05, 3.63) is 105 Å². The molecule has 2 fully saturated rings. The number of pyridine rings is 1. The fourth-order valence-corrected chi connectivity index (χ4v) is 8.21. The number of ether oxygens (including phenoxy) is 3. The molecular weight excluding hydrogens is 780 g/mol. The van der Waals surface area contributed by atoms with Crippen LogP contribution in [0.25, 0.3) is 11.1 Å². The number of nitrogens with zero attached hydrogens (tertiary/aromatic N) is 5. The van der Waals surface area contributed by atoms with Gasteiger partial charge in [0.15, 0.2) is 0 Å². The largest absolute Gasteiger partial charge is 0.493 e. The van der Waals surface area contributed by atoms with Crippen LogP contribution < -0.4 is 19.5 Å². The van der Waals surface area contributed by atoms with Crippen molar-refractivity contribution in [2.75, 3.05) is 52.4 Å². The highest BCUT2D eigenvalue weighted by atomic mass is 35.5. The molecule has 2 saturated heterocycles. The van der Waals surface area contributed by atoms with Gasteiger partial charge in [0.25, 0.3) is 0 Å². The van der Waals surface area contributed by atoms with Crippen molar-refractivity contribution in [2.45, 2.75) is 85.2 Å². The van der Waals surface area contributed by atoms with Crippen molar-refractivity contribution < 1.29 is 28.9 Å². The number of hydrogen-bond donors (Lipinski definition) is 2. The summed E-state index contributed by atoms with van der Waals surface area (Å²) in [6.07, 6.45) is 6.44. The zero-order valence-corrected chi connectivity index (χ0v) is 36.0. The summed E-state index contributed by atoms with van der Waals surface area (Å²) in [5.74, 6) is 1.08. The van der Waals surface area contributed by atoms with Gasteiger partial charge in [0.1, 0.15) is 42.6 Å². The van der Waals surface area contributed by atoms with Gasteiger partial charge < -0.3 is 29.5 Å². The molecule has 2 aliphatic rings. The second kappa shape index (κ2) is 21.4. The van der Waals surface area contributed by atoms with E-state index in [1.165, 1.54) is 6.20 Å². The number of carboxylic acid groups (broad SMARTS) is 1. The van der Waals surface area contributed by atoms with Crippen LogP contribution in [0.2, 0.25) is 5.02 Å². The summed E-state index contributed by atoms with van der Waals surface area (Å²) in [7, 11) is 0. The Hall–Kier alpha value is -5.19. The van der Waals surface area contributed by atoms with E-state index >= 15 is 0 Å². The lowest BCUT2D eigenvalue weighted by molar-refractivity contribution is -0.144. The Labute approximate surface area is 359 Å². The van der Waals surface area contributed by atoms with Crippen molar-refractivity contribution in [3.8, 4) is 34.4 Å². The smallest absolute Gasteiger partial charge is 0.320 e. The average molecular weight is 837 g/mol. The van der Waals surface area contributed by atoms with E-state index < -0.39 is 12.0 Å². The standard InChI is InChI=1S/C47H57ClN6O6/c1-32(2)51-46(55)29-53-19-17-52(18-20-53)15-9-21-58-43-14-8-12-40(34(43)4)39-11-7-10-37(33(39)3)31-60-45-24-44(59-30-36-22-35(25-49)26-50-27-36)38(23-41(45)48)28-54-16-6-5-13-42(54)47(56)57/h7-8,10-12,14,22-24,26-27,32,42H,5-6,9,13,15-21,28-31H2,1-4H3,(H,51,55)(H,56,57)/t42-/m0/s1. The third-order valence-corrected chi connectivity index (χ3v) is 11.6. The van der Waals surface area contributed by atoms with Gasteiger partial charge in [0.05, 0.1) is 23.7 Å². The van der Waals surface area contributed by atoms with Crippen LogP contribution in [0.1, 0.15) is 72.9 Å². The third-order valence-electron chi connectivity index (χ3n) is 11.3. The first-order valence-corrected chi connectivity index (χ1v) is 21.3. The fraction of sp³-hybridized carbons (Fsp3) is 0.447. The Morgan fingerprint density at radius 3 is 2.37 bits per heavy atom. The molecule has 318 valence electrons. The van der Waals surface area contributed by atoms with Crippen LogP contribution in [0.15, 0.2) is 67.0 Å². The van der Waals surface area contributed by atoms with Crippen molar-refractivity contribution in [2.24, 2.45) is 0 Å². The number of benzene rings is 3.